The molecule has 0 aromatic heterocycles. The van der Waals surface area contributed by atoms with E-state index in [1.807, 2.05) is 13.0 Å². The zero-order chi connectivity index (χ0) is 15.7. The molecule has 21 heavy (non-hydrogen) atoms. The number of rotatable bonds is 4. The van der Waals surface area contributed by atoms with E-state index >= 15 is 0 Å². The van der Waals surface area contributed by atoms with E-state index in [0.717, 1.165) is 31.2 Å². The molecule has 0 aliphatic heterocycles. The van der Waals surface area contributed by atoms with Gasteiger partial charge in [-0.1, -0.05) is 31.5 Å². The Kier molecular flexibility index (Phi) is 4.71. The molecule has 1 aromatic rings. The monoisotopic (exact) mass is 294 g/mol. The van der Waals surface area contributed by atoms with Gasteiger partial charge in [-0.2, -0.15) is 0 Å². The summed E-state index contributed by atoms with van der Waals surface area (Å²) in [5.74, 6) is 5.55. The molecule has 0 spiro atoms. The van der Waals surface area contributed by atoms with Crippen molar-refractivity contribution in [1.29, 1.82) is 0 Å². The molecule has 0 amide bonds. The van der Waals surface area contributed by atoms with Crippen molar-refractivity contribution in [2.24, 2.45) is 11.3 Å². The average molecular weight is 294 g/mol. The van der Waals surface area contributed by atoms with Gasteiger partial charge < -0.3 is 4.74 Å². The van der Waals surface area contributed by atoms with E-state index in [2.05, 4.69) is 19.3 Å². The van der Waals surface area contributed by atoms with Crippen molar-refractivity contribution in [1.82, 2.24) is 5.43 Å². The highest BCUT2D eigenvalue weighted by Crippen LogP contribution is 2.47. The number of benzene rings is 1. The molecule has 1 fully saturated rings. The summed E-state index contributed by atoms with van der Waals surface area (Å²) < 4.78 is 20.1. The van der Waals surface area contributed by atoms with Crippen LogP contribution in [0.25, 0.3) is 0 Å². The highest BCUT2D eigenvalue weighted by atomic mass is 19.1. The fourth-order valence-corrected chi connectivity index (χ4v) is 3.37. The quantitative estimate of drug-likeness (QED) is 0.658. The van der Waals surface area contributed by atoms with Crippen molar-refractivity contribution in [3.05, 3.63) is 35.1 Å². The molecular formula is C17H27FN2O. The minimum Gasteiger partial charge on any atom is -0.376 e. The summed E-state index contributed by atoms with van der Waals surface area (Å²) in [6.07, 6.45) is 3.84. The Bertz CT molecular complexity index is 492. The van der Waals surface area contributed by atoms with E-state index in [1.165, 1.54) is 6.07 Å². The first-order valence-corrected chi connectivity index (χ1v) is 7.61. The van der Waals surface area contributed by atoms with Gasteiger partial charge >= 0.3 is 0 Å². The van der Waals surface area contributed by atoms with Crippen LogP contribution >= 0.6 is 0 Å². The molecule has 0 bridgehead atoms. The van der Waals surface area contributed by atoms with E-state index in [9.17, 15) is 4.39 Å². The third-order valence-electron chi connectivity index (χ3n) is 5.01. The number of hydrogen-bond donors (Lipinski definition) is 2. The van der Waals surface area contributed by atoms with E-state index in [4.69, 9.17) is 10.6 Å². The van der Waals surface area contributed by atoms with E-state index in [-0.39, 0.29) is 11.9 Å². The molecule has 118 valence electrons. The summed E-state index contributed by atoms with van der Waals surface area (Å²) in [6.45, 7) is 6.50. The van der Waals surface area contributed by atoms with Gasteiger partial charge in [-0.15, -0.1) is 0 Å². The predicted octanol–water partition coefficient (Wildman–Crippen LogP) is 3.62. The Labute approximate surface area is 127 Å². The van der Waals surface area contributed by atoms with Gasteiger partial charge in [0.15, 0.2) is 0 Å². The van der Waals surface area contributed by atoms with E-state index < -0.39 is 5.60 Å². The van der Waals surface area contributed by atoms with Gasteiger partial charge in [0.2, 0.25) is 0 Å². The smallest absolute Gasteiger partial charge is 0.128 e. The number of methoxy groups -OCH3 is 1. The molecule has 3 N–H and O–H groups in total. The highest BCUT2D eigenvalue weighted by molar-refractivity contribution is 5.29. The van der Waals surface area contributed by atoms with Crippen LogP contribution in [0.15, 0.2) is 18.2 Å². The molecule has 4 heteroatoms. The van der Waals surface area contributed by atoms with Gasteiger partial charge in [0, 0.05) is 12.7 Å². The normalized spacial score (nSPS) is 22.0. The van der Waals surface area contributed by atoms with Crippen LogP contribution in [-0.2, 0) is 4.74 Å². The Morgan fingerprint density at radius 1 is 1.24 bits per heavy atom. The lowest BCUT2D eigenvalue weighted by Crippen LogP contribution is -2.51. The second-order valence-corrected chi connectivity index (χ2v) is 7.06. The van der Waals surface area contributed by atoms with Crippen LogP contribution in [0.5, 0.6) is 0 Å². The van der Waals surface area contributed by atoms with Crippen molar-refractivity contribution in [3.8, 4) is 0 Å². The number of hydrazine groups is 1. The topological polar surface area (TPSA) is 47.3 Å². The fraction of sp³-hybridized carbons (Fsp3) is 0.647. The zero-order valence-corrected chi connectivity index (χ0v) is 13.5. The van der Waals surface area contributed by atoms with Crippen LogP contribution in [0.1, 0.15) is 56.7 Å². The maximum Gasteiger partial charge on any atom is 0.128 e. The minimum absolute atomic E-state index is 0.232. The number of aryl methyl sites for hydroxylation is 1. The summed E-state index contributed by atoms with van der Waals surface area (Å²) in [5.41, 5.74) is 4.30. The Balaban J connectivity index is 2.36. The molecule has 1 aliphatic rings. The molecule has 2 rings (SSSR count). The van der Waals surface area contributed by atoms with Crippen molar-refractivity contribution >= 4 is 0 Å². The van der Waals surface area contributed by atoms with Crippen LogP contribution in [-0.4, -0.2) is 12.7 Å². The second kappa shape index (κ2) is 6.03. The third kappa shape index (κ3) is 3.28. The number of hydrogen-bond acceptors (Lipinski definition) is 3. The fourth-order valence-electron chi connectivity index (χ4n) is 3.37. The van der Waals surface area contributed by atoms with Crippen LogP contribution in [0.4, 0.5) is 4.39 Å². The number of ether oxygens (including phenoxy) is 1. The van der Waals surface area contributed by atoms with Gasteiger partial charge in [0.05, 0.1) is 11.6 Å². The molecule has 1 aliphatic carbocycles. The second-order valence-electron chi connectivity index (χ2n) is 7.06. The molecule has 0 heterocycles. The maximum absolute atomic E-state index is 14.3. The first-order valence-electron chi connectivity index (χ1n) is 7.61. The van der Waals surface area contributed by atoms with Gasteiger partial charge in [0.25, 0.3) is 0 Å². The molecule has 1 unspecified atom stereocenters. The van der Waals surface area contributed by atoms with Crippen molar-refractivity contribution in [2.75, 3.05) is 7.11 Å². The summed E-state index contributed by atoms with van der Waals surface area (Å²) in [6, 6.07) is 4.81. The summed E-state index contributed by atoms with van der Waals surface area (Å²) >= 11 is 0. The molecule has 3 nitrogen and oxygen atoms in total. The van der Waals surface area contributed by atoms with Gasteiger partial charge in [0.1, 0.15) is 5.82 Å². The number of halogens is 1. The minimum atomic E-state index is -0.446. The zero-order valence-electron chi connectivity index (χ0n) is 13.5. The standard InChI is InChI=1S/C17H27FN2O/c1-12-5-6-14(18)13(11-12)15(20-19)17(21-4)9-7-16(2,3)8-10-17/h5-6,11,15,20H,7-10,19H2,1-4H3. The van der Waals surface area contributed by atoms with Crippen molar-refractivity contribution < 1.29 is 9.13 Å². The van der Waals surface area contributed by atoms with Crippen molar-refractivity contribution in [3.63, 3.8) is 0 Å². The Hall–Kier alpha value is -0.970. The maximum atomic E-state index is 14.3. The number of nitrogens with one attached hydrogen (secondary N) is 1. The van der Waals surface area contributed by atoms with E-state index in [1.54, 1.807) is 13.2 Å². The SMILES string of the molecule is COC1(C(NN)c2cc(C)ccc2F)CCC(C)(C)CC1. The van der Waals surface area contributed by atoms with Crippen LogP contribution in [0.2, 0.25) is 0 Å². The molecule has 1 atom stereocenters. The summed E-state index contributed by atoms with van der Waals surface area (Å²) in [5, 5.41) is 0. The predicted molar refractivity (Wildman–Crippen MR) is 83.2 cm³/mol. The van der Waals surface area contributed by atoms with E-state index in [0.29, 0.717) is 11.0 Å². The summed E-state index contributed by atoms with van der Waals surface area (Å²) in [4.78, 5) is 0. The van der Waals surface area contributed by atoms with Crippen molar-refractivity contribution in [2.45, 2.75) is 58.1 Å². The Morgan fingerprint density at radius 2 is 1.86 bits per heavy atom. The van der Waals surface area contributed by atoms with Gasteiger partial charge in [-0.05, 0) is 44.1 Å². The molecule has 0 radical (unpaired) electrons. The average Bonchev–Trinajstić information content (AvgIpc) is 2.45. The first-order chi connectivity index (χ1) is 9.83. The first kappa shape index (κ1) is 16.4. The lowest BCUT2D eigenvalue weighted by molar-refractivity contribution is -0.0883. The van der Waals surface area contributed by atoms with Gasteiger partial charge in [-0.25, -0.2) is 9.82 Å². The lowest BCUT2D eigenvalue weighted by atomic mass is 9.67. The number of nitrogens with two attached hydrogens (primary N) is 1. The molecule has 1 aromatic carbocycles. The molecular weight excluding hydrogens is 267 g/mol. The highest BCUT2D eigenvalue weighted by Gasteiger charge is 2.45. The largest absolute Gasteiger partial charge is 0.376 e. The van der Waals surface area contributed by atoms with Crippen LogP contribution in [0.3, 0.4) is 0 Å². The lowest BCUT2D eigenvalue weighted by Gasteiger charge is -2.47. The Morgan fingerprint density at radius 3 is 2.38 bits per heavy atom. The van der Waals surface area contributed by atoms with Crippen LogP contribution in [0, 0.1) is 18.2 Å². The van der Waals surface area contributed by atoms with Gasteiger partial charge in [-0.3, -0.25) is 5.84 Å². The molecule has 0 saturated heterocycles. The third-order valence-corrected chi connectivity index (χ3v) is 5.01. The van der Waals surface area contributed by atoms with Crippen LogP contribution < -0.4 is 11.3 Å². The molecule has 1 saturated carbocycles. The summed E-state index contributed by atoms with van der Waals surface area (Å²) in [7, 11) is 1.70.